The van der Waals surface area contributed by atoms with Gasteiger partial charge in [0.15, 0.2) is 0 Å². The number of piperidine rings is 1. The number of rotatable bonds is 2. The van der Waals surface area contributed by atoms with Crippen LogP contribution in [-0.4, -0.2) is 46.1 Å². The Morgan fingerprint density at radius 1 is 1.19 bits per heavy atom. The van der Waals surface area contributed by atoms with Gasteiger partial charge in [-0.05, 0) is 25.0 Å². The zero-order chi connectivity index (χ0) is 15.6. The molecule has 1 aromatic rings. The first kappa shape index (κ1) is 15.3. The second-order valence-corrected chi connectivity index (χ2v) is 4.82. The second-order valence-electron chi connectivity index (χ2n) is 4.82. The van der Waals surface area contributed by atoms with Crippen LogP contribution in [0.25, 0.3) is 0 Å². The lowest BCUT2D eigenvalue weighted by molar-refractivity contribution is -0.183. The molecule has 0 aliphatic carbocycles. The number of carbonyl (C=O) groups excluding carboxylic acids is 1. The molecule has 0 aromatic carbocycles. The monoisotopic (exact) mass is 302 g/mol. The lowest BCUT2D eigenvalue weighted by Gasteiger charge is -2.32. The van der Waals surface area contributed by atoms with Gasteiger partial charge < -0.3 is 10.0 Å². The zero-order valence-corrected chi connectivity index (χ0v) is 10.9. The number of alkyl halides is 3. The molecule has 114 valence electrons. The molecule has 1 fully saturated rings. The maximum Gasteiger partial charge on any atom is 0.391 e. The van der Waals surface area contributed by atoms with Crippen LogP contribution in [-0.2, 0) is 0 Å². The number of halogens is 3. The minimum Gasteiger partial charge on any atom is -0.477 e. The summed E-state index contributed by atoms with van der Waals surface area (Å²) in [4.78, 5) is 27.9. The molecule has 1 aromatic heterocycles. The largest absolute Gasteiger partial charge is 0.477 e. The van der Waals surface area contributed by atoms with Crippen LogP contribution in [0.3, 0.4) is 0 Å². The van der Waals surface area contributed by atoms with E-state index in [0.29, 0.717) is 0 Å². The average molecular weight is 302 g/mol. The molecule has 21 heavy (non-hydrogen) atoms. The summed E-state index contributed by atoms with van der Waals surface area (Å²) in [7, 11) is 0. The molecule has 0 unspecified atom stereocenters. The van der Waals surface area contributed by atoms with Crippen LogP contribution in [0.5, 0.6) is 0 Å². The normalized spacial score (nSPS) is 16.8. The third kappa shape index (κ3) is 3.50. The number of amides is 1. The molecule has 8 heteroatoms. The lowest BCUT2D eigenvalue weighted by Crippen LogP contribution is -2.42. The number of carboxylic acids is 1. The predicted octanol–water partition coefficient (Wildman–Crippen LogP) is 2.19. The number of pyridine rings is 1. The molecule has 1 N–H and O–H groups in total. The molecule has 0 radical (unpaired) electrons. The summed E-state index contributed by atoms with van der Waals surface area (Å²) in [5.74, 6) is -3.20. The first-order valence-electron chi connectivity index (χ1n) is 6.35. The van der Waals surface area contributed by atoms with Crippen molar-refractivity contribution in [2.24, 2.45) is 5.92 Å². The molecule has 1 saturated heterocycles. The van der Waals surface area contributed by atoms with Crippen LogP contribution >= 0.6 is 0 Å². The van der Waals surface area contributed by atoms with Gasteiger partial charge >= 0.3 is 12.1 Å². The van der Waals surface area contributed by atoms with Gasteiger partial charge in [0.25, 0.3) is 5.91 Å². The van der Waals surface area contributed by atoms with Crippen molar-refractivity contribution >= 4 is 11.9 Å². The van der Waals surface area contributed by atoms with E-state index in [9.17, 15) is 22.8 Å². The molecular weight excluding hydrogens is 289 g/mol. The first-order chi connectivity index (χ1) is 9.79. The highest BCUT2D eigenvalue weighted by molar-refractivity contribution is 5.94. The summed E-state index contributed by atoms with van der Waals surface area (Å²) in [6, 6.07) is 3.98. The van der Waals surface area contributed by atoms with Crippen LogP contribution in [0.1, 0.15) is 33.8 Å². The van der Waals surface area contributed by atoms with Crippen molar-refractivity contribution < 1.29 is 27.9 Å². The maximum atomic E-state index is 12.6. The van der Waals surface area contributed by atoms with Gasteiger partial charge in [-0.15, -0.1) is 0 Å². The van der Waals surface area contributed by atoms with E-state index >= 15 is 0 Å². The average Bonchev–Trinajstić information content (AvgIpc) is 2.46. The van der Waals surface area contributed by atoms with Gasteiger partial charge in [0, 0.05) is 13.1 Å². The highest BCUT2D eigenvalue weighted by Crippen LogP contribution is 2.34. The zero-order valence-electron chi connectivity index (χ0n) is 10.9. The predicted molar refractivity (Wildman–Crippen MR) is 65.9 cm³/mol. The standard InChI is InChI=1S/C13H13F3N2O3/c14-13(15,16)8-4-6-18(7-5-8)11(19)9-2-1-3-10(17-9)12(20)21/h1-3,8H,4-7H2,(H,20,21). The van der Waals surface area contributed by atoms with Gasteiger partial charge in [-0.3, -0.25) is 4.79 Å². The fourth-order valence-corrected chi connectivity index (χ4v) is 2.24. The Morgan fingerprint density at radius 2 is 1.76 bits per heavy atom. The minimum absolute atomic E-state index is 0.0119. The van der Waals surface area contributed by atoms with Crippen molar-refractivity contribution in [1.29, 1.82) is 0 Å². The third-order valence-electron chi connectivity index (χ3n) is 3.43. The number of aromatic carboxylic acids is 1. The molecule has 0 spiro atoms. The van der Waals surface area contributed by atoms with Crippen LogP contribution in [0.4, 0.5) is 13.2 Å². The van der Waals surface area contributed by atoms with Gasteiger partial charge in [-0.25, -0.2) is 9.78 Å². The van der Waals surface area contributed by atoms with Crippen molar-refractivity contribution in [2.45, 2.75) is 19.0 Å². The number of hydrogen-bond acceptors (Lipinski definition) is 3. The fraction of sp³-hybridized carbons (Fsp3) is 0.462. The molecule has 2 heterocycles. The van der Waals surface area contributed by atoms with Gasteiger partial charge in [0.05, 0.1) is 5.92 Å². The SMILES string of the molecule is O=C(O)c1cccc(C(=O)N2CCC(C(F)(F)F)CC2)n1. The number of nitrogens with zero attached hydrogens (tertiary/aromatic N) is 2. The summed E-state index contributed by atoms with van der Waals surface area (Å²) in [6.07, 6.45) is -4.53. The molecule has 1 aliphatic heterocycles. The van der Waals surface area contributed by atoms with Crippen LogP contribution < -0.4 is 0 Å². The Morgan fingerprint density at radius 3 is 2.29 bits per heavy atom. The molecule has 0 bridgehead atoms. The van der Waals surface area contributed by atoms with E-state index < -0.39 is 24.0 Å². The third-order valence-corrected chi connectivity index (χ3v) is 3.43. The number of hydrogen-bond donors (Lipinski definition) is 1. The summed E-state index contributed by atoms with van der Waals surface area (Å²) in [6.45, 7) is -0.0238. The second kappa shape index (κ2) is 5.71. The van der Waals surface area contributed by atoms with Crippen molar-refractivity contribution in [3.05, 3.63) is 29.6 Å². The number of carboxylic acid groups (broad SMARTS) is 1. The fourth-order valence-electron chi connectivity index (χ4n) is 2.24. The molecule has 5 nitrogen and oxygen atoms in total. The minimum atomic E-state index is -4.24. The van der Waals surface area contributed by atoms with Crippen LogP contribution in [0.2, 0.25) is 0 Å². The molecule has 0 saturated carbocycles. The quantitative estimate of drug-likeness (QED) is 0.909. The number of aromatic nitrogens is 1. The molecule has 0 atom stereocenters. The highest BCUT2D eigenvalue weighted by Gasteiger charge is 2.41. The van der Waals surface area contributed by atoms with Gasteiger partial charge in [-0.1, -0.05) is 6.07 Å². The van der Waals surface area contributed by atoms with E-state index in [1.807, 2.05) is 0 Å². The Labute approximate surface area is 118 Å². The Hall–Kier alpha value is -2.12. The Balaban J connectivity index is 2.05. The van der Waals surface area contributed by atoms with Crippen molar-refractivity contribution in [2.75, 3.05) is 13.1 Å². The van der Waals surface area contributed by atoms with Crippen molar-refractivity contribution in [3.63, 3.8) is 0 Å². The van der Waals surface area contributed by atoms with E-state index in [1.165, 1.54) is 23.1 Å². The topological polar surface area (TPSA) is 70.5 Å². The number of likely N-dealkylation sites (tertiary alicyclic amines) is 1. The Bertz CT molecular complexity index is 552. The van der Waals surface area contributed by atoms with Gasteiger partial charge in [0.2, 0.25) is 0 Å². The van der Waals surface area contributed by atoms with Crippen LogP contribution in [0, 0.1) is 5.92 Å². The van der Waals surface area contributed by atoms with E-state index in [1.54, 1.807) is 0 Å². The summed E-state index contributed by atoms with van der Waals surface area (Å²) in [5, 5.41) is 8.81. The molecule has 1 aliphatic rings. The van der Waals surface area contributed by atoms with E-state index in [4.69, 9.17) is 5.11 Å². The maximum absolute atomic E-state index is 12.6. The van der Waals surface area contributed by atoms with Crippen LogP contribution in [0.15, 0.2) is 18.2 Å². The van der Waals surface area contributed by atoms with Crippen molar-refractivity contribution in [3.8, 4) is 0 Å². The van der Waals surface area contributed by atoms with E-state index in [2.05, 4.69) is 4.98 Å². The number of carbonyl (C=O) groups is 2. The van der Waals surface area contributed by atoms with Gasteiger partial charge in [0.1, 0.15) is 11.4 Å². The van der Waals surface area contributed by atoms with E-state index in [0.717, 1.165) is 0 Å². The first-order valence-corrected chi connectivity index (χ1v) is 6.35. The molecule has 1 amide bonds. The van der Waals surface area contributed by atoms with Gasteiger partial charge in [-0.2, -0.15) is 13.2 Å². The van der Waals surface area contributed by atoms with Crippen molar-refractivity contribution in [1.82, 2.24) is 9.88 Å². The summed E-state index contributed by atoms with van der Waals surface area (Å²) < 4.78 is 37.7. The smallest absolute Gasteiger partial charge is 0.391 e. The van der Waals surface area contributed by atoms with E-state index in [-0.39, 0.29) is 37.3 Å². The summed E-state index contributed by atoms with van der Waals surface area (Å²) in [5.41, 5.74) is -0.341. The highest BCUT2D eigenvalue weighted by atomic mass is 19.4. The Kier molecular flexibility index (Phi) is 4.15. The summed E-state index contributed by atoms with van der Waals surface area (Å²) >= 11 is 0. The molecular formula is C13H13F3N2O3. The molecule has 2 rings (SSSR count). The lowest BCUT2D eigenvalue weighted by atomic mass is 9.96.